The highest BCUT2D eigenvalue weighted by Gasteiger charge is 2.19. The molecule has 0 aromatic carbocycles. The highest BCUT2D eigenvalue weighted by molar-refractivity contribution is 6.09. The number of carbonyl (C=O) groups excluding carboxylic acids is 3. The fraction of sp³-hybridized carbons (Fsp3) is 0.278. The average molecular weight is 521 g/mol. The number of nitrogens with zero attached hydrogens (tertiary/aromatic N) is 3. The molecule has 2 rings (SSSR count). The second kappa shape index (κ2) is 14.4. The summed E-state index contributed by atoms with van der Waals surface area (Å²) in [5.74, 6) is -1.56. The van der Waals surface area contributed by atoms with Crippen LogP contribution in [-0.2, 0) is 18.9 Å². The van der Waals surface area contributed by atoms with Gasteiger partial charge in [0.05, 0.1) is 22.8 Å². The van der Waals surface area contributed by atoms with E-state index in [0.717, 1.165) is 0 Å². The van der Waals surface area contributed by atoms with Crippen molar-refractivity contribution in [2.45, 2.75) is 6.42 Å². The summed E-state index contributed by atoms with van der Waals surface area (Å²) >= 11 is 0. The number of guanidine groups is 1. The van der Waals surface area contributed by atoms with E-state index in [1.807, 2.05) is 0 Å². The van der Waals surface area contributed by atoms with E-state index in [-0.39, 0.29) is 72.9 Å². The number of amidine groups is 1. The Morgan fingerprint density at radius 3 is 2.26 bits per heavy atom. The molecule has 190 valence electrons. The van der Waals surface area contributed by atoms with Crippen LogP contribution in [-0.4, -0.2) is 57.2 Å². The van der Waals surface area contributed by atoms with E-state index < -0.39 is 17.7 Å². The summed E-state index contributed by atoms with van der Waals surface area (Å²) in [6.45, 7) is -0.0396. The molecule has 34 heavy (non-hydrogen) atoms. The molecule has 0 aliphatic carbocycles. The van der Waals surface area contributed by atoms with Gasteiger partial charge in [0.25, 0.3) is 11.8 Å². The number of nitrogens with one attached hydrogen (secondary N) is 4. The third kappa shape index (κ3) is 9.40. The van der Waals surface area contributed by atoms with Crippen LogP contribution in [0.5, 0.6) is 0 Å². The van der Waals surface area contributed by atoms with Gasteiger partial charge in [-0.3, -0.25) is 19.8 Å². The molecule has 0 unspecified atom stereocenters. The number of hydrogen-bond donors (Lipinski definition) is 7. The van der Waals surface area contributed by atoms with Crippen LogP contribution in [0.4, 0.5) is 11.4 Å². The minimum Gasteiger partial charge on any atom is -0.412 e. The monoisotopic (exact) mass is 520 g/mol. The summed E-state index contributed by atoms with van der Waals surface area (Å²) in [5, 5.41) is 15.1. The van der Waals surface area contributed by atoms with Gasteiger partial charge >= 0.3 is 0 Å². The Bertz CT molecular complexity index is 1040. The van der Waals surface area contributed by atoms with E-state index in [0.29, 0.717) is 11.4 Å². The van der Waals surface area contributed by atoms with Gasteiger partial charge in [0.15, 0.2) is 5.96 Å². The number of carbonyl (C=O) groups is 3. The smallest absolute Gasteiger partial charge is 0.272 e. The SMILES string of the molecule is Cl.Cl.Cn1cc(NC(=O)c2cc(NC(=O)CN=C(N)N)cn2C)c(C(=O)NCCC(=N)N)c1.O. The van der Waals surface area contributed by atoms with Crippen molar-refractivity contribution in [1.29, 1.82) is 5.41 Å². The van der Waals surface area contributed by atoms with Crippen LogP contribution in [0.1, 0.15) is 27.3 Å². The van der Waals surface area contributed by atoms with Crippen LogP contribution in [0, 0.1) is 5.41 Å². The quantitative estimate of drug-likeness (QED) is 0.159. The molecule has 0 bridgehead atoms. The van der Waals surface area contributed by atoms with E-state index in [2.05, 4.69) is 20.9 Å². The van der Waals surface area contributed by atoms with E-state index in [4.69, 9.17) is 22.6 Å². The Morgan fingerprint density at radius 1 is 1.03 bits per heavy atom. The summed E-state index contributed by atoms with van der Waals surface area (Å²) in [4.78, 5) is 40.6. The Kier molecular flexibility index (Phi) is 13.7. The van der Waals surface area contributed by atoms with Gasteiger partial charge in [-0.05, 0) is 6.07 Å². The minimum absolute atomic E-state index is 0. The molecule has 2 aromatic heterocycles. The maximum absolute atomic E-state index is 12.8. The Hall–Kier alpha value is -3.75. The Morgan fingerprint density at radius 2 is 1.68 bits per heavy atom. The topological polar surface area (TPSA) is 243 Å². The van der Waals surface area contributed by atoms with Crippen LogP contribution in [0.15, 0.2) is 29.6 Å². The lowest BCUT2D eigenvalue weighted by molar-refractivity contribution is -0.114. The van der Waals surface area contributed by atoms with Crippen molar-refractivity contribution in [2.24, 2.45) is 36.3 Å². The van der Waals surface area contributed by atoms with E-state index in [1.54, 1.807) is 37.3 Å². The first kappa shape index (κ1) is 32.4. The Labute approximate surface area is 207 Å². The number of anilines is 2. The maximum atomic E-state index is 12.8. The maximum Gasteiger partial charge on any atom is 0.272 e. The van der Waals surface area contributed by atoms with E-state index >= 15 is 0 Å². The molecule has 0 saturated carbocycles. The van der Waals surface area contributed by atoms with Gasteiger partial charge in [-0.1, -0.05) is 0 Å². The van der Waals surface area contributed by atoms with Crippen LogP contribution in [0.3, 0.4) is 0 Å². The number of aryl methyl sites for hydroxylation is 2. The molecular weight excluding hydrogens is 491 g/mol. The summed E-state index contributed by atoms with van der Waals surface area (Å²) in [6, 6.07) is 1.48. The number of aliphatic imine (C=N–C) groups is 1. The molecule has 0 spiro atoms. The molecule has 2 aromatic rings. The molecule has 16 heteroatoms. The zero-order chi connectivity index (χ0) is 23.1. The molecule has 0 fully saturated rings. The van der Waals surface area contributed by atoms with Crippen LogP contribution < -0.4 is 33.2 Å². The number of hydrogen-bond acceptors (Lipinski definition) is 5. The summed E-state index contributed by atoms with van der Waals surface area (Å²) in [5.41, 5.74) is 16.9. The molecule has 0 aliphatic rings. The van der Waals surface area contributed by atoms with Crippen LogP contribution >= 0.6 is 24.8 Å². The van der Waals surface area contributed by atoms with E-state index in [9.17, 15) is 14.4 Å². The van der Waals surface area contributed by atoms with Crippen LogP contribution in [0.25, 0.3) is 0 Å². The van der Waals surface area contributed by atoms with Crippen LogP contribution in [0.2, 0.25) is 0 Å². The lowest BCUT2D eigenvalue weighted by Crippen LogP contribution is -2.28. The van der Waals surface area contributed by atoms with Gasteiger partial charge in [-0.25, -0.2) is 4.99 Å². The predicted molar refractivity (Wildman–Crippen MR) is 135 cm³/mol. The fourth-order valence-electron chi connectivity index (χ4n) is 2.68. The number of nitrogens with two attached hydrogens (primary N) is 3. The normalized spacial score (nSPS) is 9.35. The van der Waals surface area contributed by atoms with Gasteiger partial charge in [0.2, 0.25) is 5.91 Å². The first-order chi connectivity index (χ1) is 14.6. The predicted octanol–water partition coefficient (Wildman–Crippen LogP) is -1.10. The second-order valence-corrected chi connectivity index (χ2v) is 6.75. The average Bonchev–Trinajstić information content (AvgIpc) is 3.21. The van der Waals surface area contributed by atoms with Crippen molar-refractivity contribution < 1.29 is 19.9 Å². The molecule has 0 saturated heterocycles. The summed E-state index contributed by atoms with van der Waals surface area (Å²) < 4.78 is 3.16. The standard InChI is InChI=1S/C18H26N10O3.2ClH.H2O/c1-27-8-11(16(30)23-4-3-14(19)20)12(9-27)26-17(31)13-5-10(7-28(13)2)25-15(29)6-24-18(21)22;;;/h5,7-9H,3-4,6H2,1-2H3,(H3,19,20)(H,23,30)(H,25,29)(H,26,31)(H4,21,22,24);2*1H;1H2. The molecule has 14 nitrogen and oxygen atoms in total. The molecule has 12 N–H and O–H groups in total. The zero-order valence-corrected chi connectivity index (χ0v) is 20.2. The first-order valence-corrected chi connectivity index (χ1v) is 9.16. The van der Waals surface area contributed by atoms with Crippen molar-refractivity contribution in [3.8, 4) is 0 Å². The van der Waals surface area contributed by atoms with Crippen molar-refractivity contribution in [3.05, 3.63) is 35.9 Å². The molecule has 2 heterocycles. The highest BCUT2D eigenvalue weighted by Crippen LogP contribution is 2.19. The molecular formula is C18H30Cl2N10O4. The Balaban J connectivity index is 0. The van der Waals surface area contributed by atoms with Gasteiger partial charge in [-0.15, -0.1) is 24.8 Å². The zero-order valence-electron chi connectivity index (χ0n) is 18.5. The van der Waals surface area contributed by atoms with Crippen molar-refractivity contribution in [3.63, 3.8) is 0 Å². The number of aromatic nitrogens is 2. The summed E-state index contributed by atoms with van der Waals surface area (Å²) in [7, 11) is 3.36. The minimum atomic E-state index is -0.476. The number of amides is 3. The van der Waals surface area contributed by atoms with Crippen molar-refractivity contribution >= 4 is 65.7 Å². The van der Waals surface area contributed by atoms with Gasteiger partial charge in [0.1, 0.15) is 12.2 Å². The lowest BCUT2D eigenvalue weighted by atomic mass is 10.2. The molecule has 0 aliphatic heterocycles. The largest absolute Gasteiger partial charge is 0.412 e. The third-order valence-electron chi connectivity index (χ3n) is 4.05. The molecule has 0 atom stereocenters. The third-order valence-corrected chi connectivity index (χ3v) is 4.05. The second-order valence-electron chi connectivity index (χ2n) is 6.75. The first-order valence-electron chi connectivity index (χ1n) is 9.16. The van der Waals surface area contributed by atoms with Crippen molar-refractivity contribution in [2.75, 3.05) is 23.7 Å². The summed E-state index contributed by atoms with van der Waals surface area (Å²) in [6.07, 6.45) is 4.95. The van der Waals surface area contributed by atoms with Gasteiger partial charge in [0, 0.05) is 45.7 Å². The fourth-order valence-corrected chi connectivity index (χ4v) is 2.68. The lowest BCUT2D eigenvalue weighted by Gasteiger charge is -2.08. The molecule has 3 amide bonds. The van der Waals surface area contributed by atoms with Crippen molar-refractivity contribution in [1.82, 2.24) is 14.5 Å². The number of rotatable bonds is 9. The van der Waals surface area contributed by atoms with E-state index in [1.165, 1.54) is 10.6 Å². The number of halogens is 2. The van der Waals surface area contributed by atoms with Gasteiger partial charge < -0.3 is 47.8 Å². The highest BCUT2D eigenvalue weighted by atomic mass is 35.5. The van der Waals surface area contributed by atoms with Gasteiger partial charge in [-0.2, -0.15) is 0 Å². The molecule has 0 radical (unpaired) electrons.